The zero-order valence-electron chi connectivity index (χ0n) is 9.84. The van der Waals surface area contributed by atoms with Crippen molar-refractivity contribution in [2.75, 3.05) is 5.73 Å². The topological polar surface area (TPSA) is 35.2 Å². The molecular formula is C13H8BrF4NO. The van der Waals surface area contributed by atoms with Crippen LogP contribution >= 0.6 is 15.9 Å². The summed E-state index contributed by atoms with van der Waals surface area (Å²) < 4.78 is 57.0. The number of hydrogen-bond acceptors (Lipinski definition) is 2. The van der Waals surface area contributed by atoms with Crippen LogP contribution in [0, 0.1) is 5.82 Å². The number of rotatable bonds is 2. The summed E-state index contributed by atoms with van der Waals surface area (Å²) in [6.45, 7) is 0. The number of alkyl halides is 3. The highest BCUT2D eigenvalue weighted by atomic mass is 79.9. The minimum Gasteiger partial charge on any atom is -0.454 e. The molecule has 2 N–H and O–H groups in total. The number of benzene rings is 2. The van der Waals surface area contributed by atoms with Gasteiger partial charge in [-0.2, -0.15) is 13.2 Å². The first kappa shape index (κ1) is 14.6. The van der Waals surface area contributed by atoms with Crippen LogP contribution in [0.5, 0.6) is 11.5 Å². The Bertz CT molecular complexity index is 643. The van der Waals surface area contributed by atoms with Crippen molar-refractivity contribution >= 4 is 21.6 Å². The molecule has 7 heteroatoms. The van der Waals surface area contributed by atoms with Crippen molar-refractivity contribution in [3.63, 3.8) is 0 Å². The lowest BCUT2D eigenvalue weighted by atomic mass is 10.2. The maximum absolute atomic E-state index is 13.4. The minimum atomic E-state index is -4.57. The van der Waals surface area contributed by atoms with Gasteiger partial charge in [0.05, 0.1) is 15.7 Å². The summed E-state index contributed by atoms with van der Waals surface area (Å²) in [5, 5.41) is 0. The van der Waals surface area contributed by atoms with Gasteiger partial charge in [0.25, 0.3) is 0 Å². The molecule has 0 radical (unpaired) electrons. The van der Waals surface area contributed by atoms with Gasteiger partial charge in [0.15, 0.2) is 5.75 Å². The Balaban J connectivity index is 2.43. The molecule has 0 aliphatic heterocycles. The average molecular weight is 350 g/mol. The van der Waals surface area contributed by atoms with Crippen LogP contribution in [-0.4, -0.2) is 0 Å². The zero-order valence-corrected chi connectivity index (χ0v) is 11.4. The van der Waals surface area contributed by atoms with Gasteiger partial charge in [-0.1, -0.05) is 12.1 Å². The quantitative estimate of drug-likeness (QED) is 0.612. The maximum atomic E-state index is 13.4. The summed E-state index contributed by atoms with van der Waals surface area (Å²) in [5.41, 5.74) is 4.66. The Labute approximate surface area is 120 Å². The Morgan fingerprint density at radius 3 is 2.35 bits per heavy atom. The van der Waals surface area contributed by atoms with Gasteiger partial charge in [-0.25, -0.2) is 4.39 Å². The first-order chi connectivity index (χ1) is 9.29. The lowest BCUT2D eigenvalue weighted by molar-refractivity contribution is -0.138. The summed E-state index contributed by atoms with van der Waals surface area (Å²) in [6.07, 6.45) is -4.57. The number of para-hydroxylation sites is 1. The van der Waals surface area contributed by atoms with Gasteiger partial charge in [-0.15, -0.1) is 0 Å². The summed E-state index contributed by atoms with van der Waals surface area (Å²) in [7, 11) is 0. The van der Waals surface area contributed by atoms with Crippen LogP contribution in [0.1, 0.15) is 5.56 Å². The summed E-state index contributed by atoms with van der Waals surface area (Å²) >= 11 is 2.92. The van der Waals surface area contributed by atoms with Crippen molar-refractivity contribution in [1.82, 2.24) is 0 Å². The first-order valence-electron chi connectivity index (χ1n) is 5.37. The van der Waals surface area contributed by atoms with E-state index in [1.165, 1.54) is 18.2 Å². The van der Waals surface area contributed by atoms with E-state index in [9.17, 15) is 17.6 Å². The molecule has 20 heavy (non-hydrogen) atoms. The third-order valence-electron chi connectivity index (χ3n) is 2.47. The highest BCUT2D eigenvalue weighted by Crippen LogP contribution is 2.39. The Morgan fingerprint density at radius 1 is 1.05 bits per heavy atom. The average Bonchev–Trinajstić information content (AvgIpc) is 2.35. The largest absolute Gasteiger partial charge is 0.454 e. The molecule has 0 saturated heterocycles. The van der Waals surface area contributed by atoms with Gasteiger partial charge < -0.3 is 10.5 Å². The molecule has 0 fully saturated rings. The van der Waals surface area contributed by atoms with Crippen molar-refractivity contribution in [2.24, 2.45) is 0 Å². The third-order valence-corrected chi connectivity index (χ3v) is 3.07. The van der Waals surface area contributed by atoms with E-state index in [4.69, 9.17) is 10.5 Å². The molecule has 0 spiro atoms. The Morgan fingerprint density at radius 2 is 1.70 bits per heavy atom. The number of hydrogen-bond donors (Lipinski definition) is 1. The van der Waals surface area contributed by atoms with Crippen molar-refractivity contribution in [3.05, 3.63) is 52.3 Å². The van der Waals surface area contributed by atoms with Crippen LogP contribution in [0.2, 0.25) is 0 Å². The predicted octanol–water partition coefficient (Wildman–Crippen LogP) is 4.98. The standard InChI is InChI=1S/C13H8BrF4NO/c14-8-5-10(19)12(6-9(8)15)20-11-4-2-1-3-7(11)13(16,17)18/h1-6H,19H2. The molecule has 0 atom stereocenters. The predicted molar refractivity (Wildman–Crippen MR) is 70.0 cm³/mol. The van der Waals surface area contributed by atoms with E-state index in [1.807, 2.05) is 0 Å². The number of anilines is 1. The second-order valence-electron chi connectivity index (χ2n) is 3.90. The molecule has 0 unspecified atom stereocenters. The minimum absolute atomic E-state index is 0.0234. The highest BCUT2D eigenvalue weighted by Gasteiger charge is 2.34. The first-order valence-corrected chi connectivity index (χ1v) is 6.17. The fraction of sp³-hybridized carbons (Fsp3) is 0.0769. The van der Waals surface area contributed by atoms with Crippen LogP contribution in [0.3, 0.4) is 0 Å². The van der Waals surface area contributed by atoms with E-state index >= 15 is 0 Å². The SMILES string of the molecule is Nc1cc(Br)c(F)cc1Oc1ccccc1C(F)(F)F. The molecule has 0 amide bonds. The Kier molecular flexibility index (Phi) is 3.89. The van der Waals surface area contributed by atoms with Gasteiger partial charge in [-0.05, 0) is 34.1 Å². The summed E-state index contributed by atoms with van der Waals surface area (Å²) in [6, 6.07) is 6.79. The van der Waals surface area contributed by atoms with Gasteiger partial charge in [0.1, 0.15) is 11.6 Å². The molecule has 0 aliphatic rings. The fourth-order valence-corrected chi connectivity index (χ4v) is 1.90. The molecular weight excluding hydrogens is 342 g/mol. The van der Waals surface area contributed by atoms with E-state index in [-0.39, 0.29) is 15.9 Å². The fourth-order valence-electron chi connectivity index (χ4n) is 1.54. The van der Waals surface area contributed by atoms with Crippen molar-refractivity contribution in [3.8, 4) is 11.5 Å². The molecule has 0 saturated carbocycles. The van der Waals surface area contributed by atoms with Crippen molar-refractivity contribution < 1.29 is 22.3 Å². The number of ether oxygens (including phenoxy) is 1. The van der Waals surface area contributed by atoms with Crippen LogP contribution in [0.25, 0.3) is 0 Å². The van der Waals surface area contributed by atoms with Crippen molar-refractivity contribution in [1.29, 1.82) is 0 Å². The second kappa shape index (κ2) is 5.32. The van der Waals surface area contributed by atoms with Gasteiger partial charge in [0, 0.05) is 6.07 Å². The van der Waals surface area contributed by atoms with Crippen molar-refractivity contribution in [2.45, 2.75) is 6.18 Å². The molecule has 2 aromatic rings. The van der Waals surface area contributed by atoms with E-state index in [0.717, 1.165) is 18.2 Å². The summed E-state index contributed by atoms with van der Waals surface area (Å²) in [4.78, 5) is 0. The highest BCUT2D eigenvalue weighted by molar-refractivity contribution is 9.10. The Hall–Kier alpha value is -1.76. The van der Waals surface area contributed by atoms with Crippen LogP contribution in [-0.2, 0) is 6.18 Å². The molecule has 2 rings (SSSR count). The molecule has 0 heterocycles. The van der Waals surface area contributed by atoms with Gasteiger partial charge >= 0.3 is 6.18 Å². The lowest BCUT2D eigenvalue weighted by Crippen LogP contribution is -2.07. The third kappa shape index (κ3) is 3.04. The van der Waals surface area contributed by atoms with E-state index in [1.54, 1.807) is 0 Å². The molecule has 106 valence electrons. The van der Waals surface area contributed by atoms with Gasteiger partial charge in [-0.3, -0.25) is 0 Å². The van der Waals surface area contributed by atoms with E-state index in [0.29, 0.717) is 0 Å². The maximum Gasteiger partial charge on any atom is 0.419 e. The van der Waals surface area contributed by atoms with Crippen LogP contribution in [0.4, 0.5) is 23.2 Å². The van der Waals surface area contributed by atoms with E-state index < -0.39 is 23.3 Å². The zero-order chi connectivity index (χ0) is 14.9. The number of halogens is 5. The second-order valence-corrected chi connectivity index (χ2v) is 4.75. The molecule has 0 aliphatic carbocycles. The number of nitrogens with two attached hydrogens (primary N) is 1. The van der Waals surface area contributed by atoms with Gasteiger partial charge in [0.2, 0.25) is 0 Å². The molecule has 0 bridgehead atoms. The van der Waals surface area contributed by atoms with Crippen LogP contribution < -0.4 is 10.5 Å². The number of nitrogen functional groups attached to an aromatic ring is 1. The molecule has 2 nitrogen and oxygen atoms in total. The lowest BCUT2D eigenvalue weighted by Gasteiger charge is -2.14. The van der Waals surface area contributed by atoms with E-state index in [2.05, 4.69) is 15.9 Å². The molecule has 2 aromatic carbocycles. The smallest absolute Gasteiger partial charge is 0.419 e. The van der Waals surface area contributed by atoms with Crippen LogP contribution in [0.15, 0.2) is 40.9 Å². The molecule has 0 aromatic heterocycles. The monoisotopic (exact) mass is 349 g/mol. The summed E-state index contributed by atoms with van der Waals surface area (Å²) in [5.74, 6) is -1.30. The normalized spacial score (nSPS) is 11.4.